The second-order valence-electron chi connectivity index (χ2n) is 2.35. The molecule has 1 rings (SSSR count). The molecule has 0 amide bonds. The van der Waals surface area contributed by atoms with Crippen molar-refractivity contribution in [2.45, 2.75) is 13.3 Å². The smallest absolute Gasteiger partial charge is 0.0146 e. The van der Waals surface area contributed by atoms with E-state index in [1.165, 1.54) is 19.5 Å². The van der Waals surface area contributed by atoms with E-state index in [2.05, 4.69) is 32.4 Å². The van der Waals surface area contributed by atoms with Crippen molar-refractivity contribution in [2.75, 3.05) is 13.1 Å². The molecule has 3 heteroatoms. The zero-order valence-corrected chi connectivity index (χ0v) is 7.91. The van der Waals surface area contributed by atoms with E-state index in [-0.39, 0.29) is 0 Å². The Morgan fingerprint density at radius 1 is 1.75 bits per heavy atom. The topological polar surface area (TPSA) is 3.24 Å². The summed E-state index contributed by atoms with van der Waals surface area (Å²) < 4.78 is 2.41. The monoisotopic (exact) mass is 243 g/mol. The van der Waals surface area contributed by atoms with E-state index >= 15 is 0 Å². The van der Waals surface area contributed by atoms with Gasteiger partial charge in [0, 0.05) is 34.3 Å². The van der Waals surface area contributed by atoms with Crippen LogP contribution in [0.25, 0.3) is 0 Å². The first-order valence-electron chi connectivity index (χ1n) is 2.86. The van der Waals surface area contributed by atoms with Crippen molar-refractivity contribution in [1.29, 1.82) is 0 Å². The SMILES string of the molecule is C[C@H]1CCN(SI)C1. The summed E-state index contributed by atoms with van der Waals surface area (Å²) in [4.78, 5) is 0. The number of halogens is 1. The third-order valence-electron chi connectivity index (χ3n) is 1.48. The van der Waals surface area contributed by atoms with Crippen molar-refractivity contribution < 1.29 is 0 Å². The largest absolute Gasteiger partial charge is 0.241 e. The summed E-state index contributed by atoms with van der Waals surface area (Å²) in [7, 11) is 1.84. The Bertz CT molecular complexity index is 78.8. The van der Waals surface area contributed by atoms with E-state index in [1.807, 2.05) is 9.12 Å². The van der Waals surface area contributed by atoms with Crippen LogP contribution in [0.2, 0.25) is 0 Å². The molecule has 0 aliphatic carbocycles. The molecule has 0 spiro atoms. The van der Waals surface area contributed by atoms with Gasteiger partial charge in [-0.15, -0.1) is 0 Å². The summed E-state index contributed by atoms with van der Waals surface area (Å²) in [6.45, 7) is 4.88. The van der Waals surface area contributed by atoms with Gasteiger partial charge in [-0.1, -0.05) is 6.92 Å². The maximum Gasteiger partial charge on any atom is 0.0146 e. The number of hydrogen-bond acceptors (Lipinski definition) is 2. The summed E-state index contributed by atoms with van der Waals surface area (Å²) in [5.41, 5.74) is 0. The quantitative estimate of drug-likeness (QED) is 0.513. The number of rotatable bonds is 1. The summed E-state index contributed by atoms with van der Waals surface area (Å²) in [6.07, 6.45) is 1.38. The standard InChI is InChI=1S/C5H10INS/c1-5-2-3-7(4-5)8-6/h5H,2-4H2,1H3/t5-/m0/s1. The van der Waals surface area contributed by atoms with Crippen LogP contribution in [0, 0.1) is 5.92 Å². The molecule has 1 aliphatic heterocycles. The van der Waals surface area contributed by atoms with Gasteiger partial charge in [0.05, 0.1) is 0 Å². The van der Waals surface area contributed by atoms with Gasteiger partial charge >= 0.3 is 0 Å². The Morgan fingerprint density at radius 2 is 2.50 bits per heavy atom. The number of nitrogens with zero attached hydrogens (tertiary/aromatic N) is 1. The minimum Gasteiger partial charge on any atom is -0.241 e. The Balaban J connectivity index is 2.22. The lowest BCUT2D eigenvalue weighted by molar-refractivity contribution is 0.555. The van der Waals surface area contributed by atoms with E-state index in [1.54, 1.807) is 0 Å². The zero-order valence-electron chi connectivity index (χ0n) is 4.93. The van der Waals surface area contributed by atoms with Crippen molar-refractivity contribution in [3.63, 3.8) is 0 Å². The predicted octanol–water partition coefficient (Wildman–Crippen LogP) is 2.33. The maximum atomic E-state index is 2.41. The van der Waals surface area contributed by atoms with E-state index < -0.39 is 0 Å². The number of hydrogen-bond donors (Lipinski definition) is 0. The molecule has 1 fully saturated rings. The highest BCUT2D eigenvalue weighted by atomic mass is 127. The fraction of sp³-hybridized carbons (Fsp3) is 1.00. The molecule has 0 unspecified atom stereocenters. The maximum absolute atomic E-state index is 2.41. The van der Waals surface area contributed by atoms with Gasteiger partial charge in [0.25, 0.3) is 0 Å². The van der Waals surface area contributed by atoms with Gasteiger partial charge in [-0.2, -0.15) is 0 Å². The highest BCUT2D eigenvalue weighted by Crippen LogP contribution is 2.26. The van der Waals surface area contributed by atoms with Gasteiger partial charge in [0.1, 0.15) is 0 Å². The minimum absolute atomic E-state index is 0.928. The second-order valence-corrected chi connectivity index (χ2v) is 4.19. The van der Waals surface area contributed by atoms with Crippen LogP contribution in [-0.4, -0.2) is 17.4 Å². The average molecular weight is 243 g/mol. The van der Waals surface area contributed by atoms with Gasteiger partial charge in [0.2, 0.25) is 0 Å². The van der Waals surface area contributed by atoms with Gasteiger partial charge < -0.3 is 0 Å². The second kappa shape index (κ2) is 3.27. The average Bonchev–Trinajstić information content (AvgIpc) is 2.14. The molecule has 48 valence electrons. The fourth-order valence-electron chi connectivity index (χ4n) is 0.957. The van der Waals surface area contributed by atoms with Crippen LogP contribution in [0.1, 0.15) is 13.3 Å². The molecule has 0 N–H and O–H groups in total. The third-order valence-corrected chi connectivity index (χ3v) is 3.68. The van der Waals surface area contributed by atoms with Gasteiger partial charge in [-0.05, 0) is 21.5 Å². The molecule has 1 nitrogen and oxygen atoms in total. The lowest BCUT2D eigenvalue weighted by Crippen LogP contribution is -2.07. The molecule has 0 radical (unpaired) electrons. The lowest BCUT2D eigenvalue weighted by atomic mass is 10.2. The molecule has 0 aromatic carbocycles. The summed E-state index contributed by atoms with van der Waals surface area (Å²) in [6, 6.07) is 0. The highest BCUT2D eigenvalue weighted by molar-refractivity contribution is 14.2. The van der Waals surface area contributed by atoms with Gasteiger partial charge in [0.15, 0.2) is 0 Å². The zero-order chi connectivity index (χ0) is 5.98. The van der Waals surface area contributed by atoms with E-state index in [0.717, 1.165) is 5.92 Å². The Labute approximate surface area is 66.9 Å². The van der Waals surface area contributed by atoms with Crippen LogP contribution in [-0.2, 0) is 0 Å². The van der Waals surface area contributed by atoms with E-state index in [4.69, 9.17) is 0 Å². The van der Waals surface area contributed by atoms with Crippen molar-refractivity contribution in [3.05, 3.63) is 0 Å². The van der Waals surface area contributed by atoms with Gasteiger partial charge in [-0.3, -0.25) is 0 Å². The molecule has 0 bridgehead atoms. The van der Waals surface area contributed by atoms with Crippen molar-refractivity contribution in [1.82, 2.24) is 4.31 Å². The van der Waals surface area contributed by atoms with E-state index in [9.17, 15) is 0 Å². The lowest BCUT2D eigenvalue weighted by Gasteiger charge is -2.06. The molecule has 0 saturated carbocycles. The summed E-state index contributed by atoms with van der Waals surface area (Å²) >= 11 is 2.34. The van der Waals surface area contributed by atoms with Crippen molar-refractivity contribution in [3.8, 4) is 0 Å². The first-order valence-corrected chi connectivity index (χ1v) is 6.18. The molecular weight excluding hydrogens is 233 g/mol. The Hall–Kier alpha value is 1.04. The van der Waals surface area contributed by atoms with Crippen molar-refractivity contribution in [2.24, 2.45) is 5.92 Å². The molecule has 8 heavy (non-hydrogen) atoms. The van der Waals surface area contributed by atoms with Crippen LogP contribution in [0.15, 0.2) is 0 Å². The molecule has 1 atom stereocenters. The molecule has 1 saturated heterocycles. The van der Waals surface area contributed by atoms with Crippen LogP contribution in [0.5, 0.6) is 0 Å². The first kappa shape index (κ1) is 7.15. The summed E-state index contributed by atoms with van der Waals surface area (Å²) in [5, 5.41) is 0. The fourth-order valence-corrected chi connectivity index (χ4v) is 2.52. The molecule has 0 aromatic rings. The van der Waals surface area contributed by atoms with Crippen LogP contribution in [0.3, 0.4) is 0 Å². The molecule has 1 heterocycles. The minimum atomic E-state index is 0.928. The summed E-state index contributed by atoms with van der Waals surface area (Å²) in [5.74, 6) is 0.928. The highest BCUT2D eigenvalue weighted by Gasteiger charge is 2.17. The molecule has 0 aromatic heterocycles. The van der Waals surface area contributed by atoms with Crippen LogP contribution >= 0.6 is 30.3 Å². The Morgan fingerprint density at radius 3 is 2.75 bits per heavy atom. The normalized spacial score (nSPS) is 31.5. The van der Waals surface area contributed by atoms with Crippen molar-refractivity contribution >= 4 is 30.3 Å². The first-order chi connectivity index (χ1) is 3.83. The molecule has 1 aliphatic rings. The third kappa shape index (κ3) is 1.77. The van der Waals surface area contributed by atoms with Gasteiger partial charge in [-0.25, -0.2) is 4.31 Å². The molecular formula is C5H10INS. The predicted molar refractivity (Wildman–Crippen MR) is 47.0 cm³/mol. The Kier molecular flexibility index (Phi) is 2.92. The van der Waals surface area contributed by atoms with E-state index in [0.29, 0.717) is 0 Å². The van der Waals surface area contributed by atoms with Crippen LogP contribution < -0.4 is 0 Å². The van der Waals surface area contributed by atoms with Crippen LogP contribution in [0.4, 0.5) is 0 Å².